The fraction of sp³-hybridized carbons (Fsp3) is 0.333. The second-order valence-electron chi connectivity index (χ2n) is 5.73. The Kier molecular flexibility index (Phi) is 5.97. The summed E-state index contributed by atoms with van der Waals surface area (Å²) in [5.41, 5.74) is 3.26. The number of amides is 2. The van der Waals surface area contributed by atoms with Crippen LogP contribution in [-0.4, -0.2) is 24.1 Å². The third-order valence-corrected chi connectivity index (χ3v) is 3.79. The number of para-hydroxylation sites is 1. The molecule has 0 unspecified atom stereocenters. The van der Waals surface area contributed by atoms with Crippen molar-refractivity contribution in [2.75, 3.05) is 11.9 Å². The molecule has 0 fully saturated rings. The number of aromatic nitrogens is 1. The molecule has 0 atom stereocenters. The van der Waals surface area contributed by atoms with E-state index in [2.05, 4.69) is 47.5 Å². The van der Waals surface area contributed by atoms with E-state index in [-0.39, 0.29) is 6.03 Å². The molecule has 0 radical (unpaired) electrons. The van der Waals surface area contributed by atoms with Crippen molar-refractivity contribution in [3.8, 4) is 0 Å². The molecule has 1 heterocycles. The first-order valence-corrected chi connectivity index (χ1v) is 7.79. The molecule has 5 nitrogen and oxygen atoms in total. The lowest BCUT2D eigenvalue weighted by Crippen LogP contribution is -2.35. The highest BCUT2D eigenvalue weighted by Crippen LogP contribution is 2.20. The van der Waals surface area contributed by atoms with Crippen molar-refractivity contribution in [2.45, 2.75) is 33.0 Å². The molecule has 2 N–H and O–H groups in total. The summed E-state index contributed by atoms with van der Waals surface area (Å²) in [6.07, 6.45) is 3.43. The summed E-state index contributed by atoms with van der Waals surface area (Å²) in [4.78, 5) is 18.1. The van der Waals surface area contributed by atoms with Gasteiger partial charge >= 0.3 is 6.03 Å². The van der Waals surface area contributed by atoms with Gasteiger partial charge in [-0.3, -0.25) is 4.98 Å². The van der Waals surface area contributed by atoms with Gasteiger partial charge in [0.15, 0.2) is 0 Å². The van der Waals surface area contributed by atoms with Crippen LogP contribution in [0.4, 0.5) is 10.5 Å². The van der Waals surface area contributed by atoms with E-state index in [1.165, 1.54) is 0 Å². The predicted octanol–water partition coefficient (Wildman–Crippen LogP) is 2.93. The van der Waals surface area contributed by atoms with Gasteiger partial charge in [0.05, 0.1) is 0 Å². The molecule has 2 aromatic rings. The lowest BCUT2D eigenvalue weighted by atomic mass is 10.1. The summed E-state index contributed by atoms with van der Waals surface area (Å²) >= 11 is 0. The van der Waals surface area contributed by atoms with Gasteiger partial charge in [-0.2, -0.15) is 0 Å². The van der Waals surface area contributed by atoms with Crippen LogP contribution in [0.2, 0.25) is 0 Å². The molecule has 0 aliphatic heterocycles. The minimum atomic E-state index is -0.177. The minimum absolute atomic E-state index is 0.177. The lowest BCUT2D eigenvalue weighted by Gasteiger charge is -2.26. The van der Waals surface area contributed by atoms with E-state index in [1.54, 1.807) is 12.4 Å². The Hall–Kier alpha value is -2.56. The van der Waals surface area contributed by atoms with Crippen molar-refractivity contribution < 1.29 is 4.79 Å². The largest absolute Gasteiger partial charge is 0.372 e. The maximum Gasteiger partial charge on any atom is 0.315 e. The molecule has 1 aromatic heterocycles. The van der Waals surface area contributed by atoms with Crippen LogP contribution in [0.1, 0.15) is 25.0 Å². The zero-order valence-corrected chi connectivity index (χ0v) is 13.9. The van der Waals surface area contributed by atoms with Crippen molar-refractivity contribution in [3.63, 3.8) is 0 Å². The molecule has 2 amide bonds. The van der Waals surface area contributed by atoms with Crippen LogP contribution in [0, 0.1) is 0 Å². The Morgan fingerprint density at radius 3 is 2.43 bits per heavy atom. The van der Waals surface area contributed by atoms with Crippen molar-refractivity contribution in [3.05, 3.63) is 59.9 Å². The first-order valence-electron chi connectivity index (χ1n) is 7.79. The quantitative estimate of drug-likeness (QED) is 0.862. The average molecular weight is 312 g/mol. The van der Waals surface area contributed by atoms with Gasteiger partial charge in [0.25, 0.3) is 0 Å². The van der Waals surface area contributed by atoms with E-state index in [0.29, 0.717) is 19.1 Å². The van der Waals surface area contributed by atoms with Crippen LogP contribution < -0.4 is 15.5 Å². The molecule has 1 aromatic carbocycles. The van der Waals surface area contributed by atoms with Gasteiger partial charge in [0.2, 0.25) is 0 Å². The van der Waals surface area contributed by atoms with E-state index >= 15 is 0 Å². The van der Waals surface area contributed by atoms with Crippen LogP contribution in [0.25, 0.3) is 0 Å². The summed E-state index contributed by atoms with van der Waals surface area (Å²) in [5, 5.41) is 5.76. The van der Waals surface area contributed by atoms with Crippen molar-refractivity contribution in [1.29, 1.82) is 0 Å². The molecule has 5 heteroatoms. The van der Waals surface area contributed by atoms with Crippen molar-refractivity contribution >= 4 is 11.7 Å². The number of rotatable bonds is 6. The van der Waals surface area contributed by atoms with E-state index in [0.717, 1.165) is 16.8 Å². The fourth-order valence-electron chi connectivity index (χ4n) is 2.20. The first kappa shape index (κ1) is 16.8. The topological polar surface area (TPSA) is 57.3 Å². The highest BCUT2D eigenvalue weighted by atomic mass is 16.2. The zero-order chi connectivity index (χ0) is 16.7. The molecule has 0 bridgehead atoms. The molecule has 0 saturated carbocycles. The predicted molar refractivity (Wildman–Crippen MR) is 93.3 cm³/mol. The molecule has 0 aliphatic rings. The van der Waals surface area contributed by atoms with E-state index < -0.39 is 0 Å². The zero-order valence-electron chi connectivity index (χ0n) is 13.9. The number of carbonyl (C=O) groups excluding carboxylic acids is 1. The molecule has 0 aliphatic carbocycles. The van der Waals surface area contributed by atoms with Gasteiger partial charge in [0, 0.05) is 44.3 Å². The third-order valence-electron chi connectivity index (χ3n) is 3.79. The number of anilines is 1. The van der Waals surface area contributed by atoms with Crippen molar-refractivity contribution in [1.82, 2.24) is 15.6 Å². The number of nitrogens with zero attached hydrogens (tertiary/aromatic N) is 2. The normalized spacial score (nSPS) is 10.4. The highest BCUT2D eigenvalue weighted by molar-refractivity contribution is 5.74. The first-order chi connectivity index (χ1) is 11.1. The Morgan fingerprint density at radius 1 is 1.09 bits per heavy atom. The van der Waals surface area contributed by atoms with E-state index in [1.807, 2.05) is 30.3 Å². The molecule has 23 heavy (non-hydrogen) atoms. The van der Waals surface area contributed by atoms with Gasteiger partial charge in [-0.25, -0.2) is 4.79 Å². The number of nitrogens with one attached hydrogen (secondary N) is 2. The van der Waals surface area contributed by atoms with Crippen LogP contribution in [0.15, 0.2) is 48.8 Å². The van der Waals surface area contributed by atoms with Crippen molar-refractivity contribution in [2.24, 2.45) is 0 Å². The monoisotopic (exact) mass is 312 g/mol. The Morgan fingerprint density at radius 2 is 1.74 bits per heavy atom. The lowest BCUT2D eigenvalue weighted by molar-refractivity contribution is 0.240. The maximum absolute atomic E-state index is 12.0. The summed E-state index contributed by atoms with van der Waals surface area (Å²) < 4.78 is 0. The molecular formula is C18H24N4O. The standard InChI is InChI=1S/C18H24N4O/c1-14(2)22(3)17-7-5-4-6-16(17)13-21-18(23)20-12-15-8-10-19-11-9-15/h4-11,14H,12-13H2,1-3H3,(H2,20,21,23). The second kappa shape index (κ2) is 8.17. The number of benzene rings is 1. The second-order valence-corrected chi connectivity index (χ2v) is 5.73. The molecule has 2 rings (SSSR count). The molecular weight excluding hydrogens is 288 g/mol. The van der Waals surface area contributed by atoms with Gasteiger partial charge < -0.3 is 15.5 Å². The molecule has 122 valence electrons. The molecule has 0 spiro atoms. The van der Waals surface area contributed by atoms with E-state index in [9.17, 15) is 4.79 Å². The smallest absolute Gasteiger partial charge is 0.315 e. The number of urea groups is 1. The number of pyridine rings is 1. The molecule has 0 saturated heterocycles. The van der Waals surface area contributed by atoms with Gasteiger partial charge in [0.1, 0.15) is 0 Å². The number of hydrogen-bond acceptors (Lipinski definition) is 3. The van der Waals surface area contributed by atoms with E-state index in [4.69, 9.17) is 0 Å². The maximum atomic E-state index is 12.0. The van der Waals surface area contributed by atoms with Gasteiger partial charge in [-0.1, -0.05) is 18.2 Å². The average Bonchev–Trinajstić information content (AvgIpc) is 2.58. The van der Waals surface area contributed by atoms with Crippen LogP contribution in [0.3, 0.4) is 0 Å². The fourth-order valence-corrected chi connectivity index (χ4v) is 2.20. The Bertz CT molecular complexity index is 628. The minimum Gasteiger partial charge on any atom is -0.372 e. The van der Waals surface area contributed by atoms with Gasteiger partial charge in [-0.15, -0.1) is 0 Å². The Labute approximate surface area is 137 Å². The summed E-state index contributed by atoms with van der Waals surface area (Å²) in [5.74, 6) is 0. The SMILES string of the molecule is CC(C)N(C)c1ccccc1CNC(=O)NCc1ccncc1. The Balaban J connectivity index is 1.89. The summed E-state index contributed by atoms with van der Waals surface area (Å²) in [7, 11) is 2.06. The van der Waals surface area contributed by atoms with Gasteiger partial charge in [-0.05, 0) is 43.2 Å². The summed E-state index contributed by atoms with van der Waals surface area (Å²) in [6, 6.07) is 12.1. The van der Waals surface area contributed by atoms with Crippen LogP contribution in [0.5, 0.6) is 0 Å². The van der Waals surface area contributed by atoms with Crippen LogP contribution in [-0.2, 0) is 13.1 Å². The number of hydrogen-bond donors (Lipinski definition) is 2. The number of carbonyl (C=O) groups is 1. The third kappa shape index (κ3) is 4.98. The van der Waals surface area contributed by atoms with Crippen LogP contribution >= 0.6 is 0 Å². The summed E-state index contributed by atoms with van der Waals surface area (Å²) in [6.45, 7) is 5.27. The highest BCUT2D eigenvalue weighted by Gasteiger charge is 2.10.